The summed E-state index contributed by atoms with van der Waals surface area (Å²) in [6.07, 6.45) is -4.94. The molecule has 0 aromatic carbocycles. The van der Waals surface area contributed by atoms with Gasteiger partial charge in [-0.05, 0) is 19.1 Å². The van der Waals surface area contributed by atoms with Gasteiger partial charge in [0.05, 0.1) is 12.2 Å². The summed E-state index contributed by atoms with van der Waals surface area (Å²) in [4.78, 5) is 18.3. The zero-order valence-corrected chi connectivity index (χ0v) is 11.2. The molecule has 22 heavy (non-hydrogen) atoms. The Morgan fingerprint density at radius 2 is 1.95 bits per heavy atom. The molecule has 0 amide bonds. The van der Waals surface area contributed by atoms with Crippen LogP contribution in [0.4, 0.5) is 22.0 Å². The van der Waals surface area contributed by atoms with Crippen LogP contribution in [-0.4, -0.2) is 22.5 Å². The van der Waals surface area contributed by atoms with Gasteiger partial charge >= 0.3 is 12.1 Å². The maximum absolute atomic E-state index is 13.5. The number of nitrogens with zero attached hydrogens (tertiary/aromatic N) is 2. The summed E-state index contributed by atoms with van der Waals surface area (Å²) in [5, 5.41) is -0.161. The van der Waals surface area contributed by atoms with Crippen molar-refractivity contribution in [1.29, 1.82) is 0 Å². The maximum atomic E-state index is 13.5. The summed E-state index contributed by atoms with van der Waals surface area (Å²) in [5.74, 6) is -2.27. The largest absolute Gasteiger partial charge is 0.462 e. The monoisotopic (exact) mass is 320 g/mol. The van der Waals surface area contributed by atoms with Crippen LogP contribution in [-0.2, 0) is 17.6 Å². The molecule has 4 nitrogen and oxygen atoms in total. The first kappa shape index (κ1) is 16.1. The van der Waals surface area contributed by atoms with Crippen LogP contribution >= 0.6 is 0 Å². The average molecular weight is 320 g/mol. The van der Waals surface area contributed by atoms with Gasteiger partial charge in [-0.25, -0.2) is 23.5 Å². The van der Waals surface area contributed by atoms with Crippen LogP contribution < -0.4 is 0 Å². The van der Waals surface area contributed by atoms with Gasteiger partial charge in [-0.1, -0.05) is 0 Å². The van der Waals surface area contributed by atoms with Crippen molar-refractivity contribution in [3.8, 4) is 0 Å². The molecule has 9 heteroatoms. The molecule has 118 valence electrons. The van der Waals surface area contributed by atoms with E-state index >= 15 is 0 Å². The third-order valence-electron chi connectivity index (χ3n) is 2.72. The molecular weight excluding hydrogens is 311 g/mol. The fourth-order valence-corrected chi connectivity index (χ4v) is 1.79. The van der Waals surface area contributed by atoms with Gasteiger partial charge < -0.3 is 4.74 Å². The second-order valence-corrected chi connectivity index (χ2v) is 4.20. The van der Waals surface area contributed by atoms with E-state index in [0.717, 1.165) is 12.1 Å². The lowest BCUT2D eigenvalue weighted by Crippen LogP contribution is -2.18. The summed E-state index contributed by atoms with van der Waals surface area (Å²) in [5.41, 5.74) is -3.52. The standard InChI is InChI=1S/C13H9F5N2O2/c1-2-22-12(21)7-3-6-4-8(15)9(5-14)19-11(6)20-10(7)13(16,17)18/h3-4H,2,5H2,1H3. The highest BCUT2D eigenvalue weighted by atomic mass is 19.4. The molecule has 2 heterocycles. The first-order valence-corrected chi connectivity index (χ1v) is 6.08. The van der Waals surface area contributed by atoms with Gasteiger partial charge in [0.1, 0.15) is 18.2 Å². The Labute approximate surface area is 120 Å². The summed E-state index contributed by atoms with van der Waals surface area (Å²) in [7, 11) is 0. The van der Waals surface area contributed by atoms with Gasteiger partial charge in [0.2, 0.25) is 0 Å². The van der Waals surface area contributed by atoms with E-state index in [1.54, 1.807) is 0 Å². The number of fused-ring (bicyclic) bond motifs is 1. The number of esters is 1. The molecule has 0 saturated heterocycles. The lowest BCUT2D eigenvalue weighted by Gasteiger charge is -2.12. The number of aromatic nitrogens is 2. The fourth-order valence-electron chi connectivity index (χ4n) is 1.79. The van der Waals surface area contributed by atoms with Crippen LogP contribution in [0.1, 0.15) is 28.7 Å². The highest BCUT2D eigenvalue weighted by molar-refractivity contribution is 5.94. The Balaban J connectivity index is 2.74. The fraction of sp³-hybridized carbons (Fsp3) is 0.308. The molecule has 0 unspecified atom stereocenters. The van der Waals surface area contributed by atoms with Crippen molar-refractivity contribution in [1.82, 2.24) is 9.97 Å². The van der Waals surface area contributed by atoms with Crippen molar-refractivity contribution in [3.63, 3.8) is 0 Å². The van der Waals surface area contributed by atoms with Crippen molar-refractivity contribution in [3.05, 3.63) is 34.9 Å². The van der Waals surface area contributed by atoms with Crippen LogP contribution in [0.3, 0.4) is 0 Å². The Bertz CT molecular complexity index is 730. The number of hydrogen-bond donors (Lipinski definition) is 0. The topological polar surface area (TPSA) is 52.1 Å². The predicted molar refractivity (Wildman–Crippen MR) is 65.3 cm³/mol. The minimum atomic E-state index is -4.94. The molecule has 0 fully saturated rings. The van der Waals surface area contributed by atoms with Gasteiger partial charge in [-0.3, -0.25) is 0 Å². The van der Waals surface area contributed by atoms with E-state index in [-0.39, 0.29) is 12.0 Å². The van der Waals surface area contributed by atoms with Crippen molar-refractivity contribution in [2.75, 3.05) is 6.61 Å². The second kappa shape index (κ2) is 5.82. The van der Waals surface area contributed by atoms with E-state index in [9.17, 15) is 26.7 Å². The normalized spacial score (nSPS) is 11.7. The summed E-state index contributed by atoms with van der Waals surface area (Å²) in [6.45, 7) is 0.000384. The highest BCUT2D eigenvalue weighted by Gasteiger charge is 2.38. The maximum Gasteiger partial charge on any atom is 0.434 e. The number of alkyl halides is 4. The van der Waals surface area contributed by atoms with Crippen molar-refractivity contribution < 1.29 is 31.5 Å². The minimum Gasteiger partial charge on any atom is -0.462 e. The highest BCUT2D eigenvalue weighted by Crippen LogP contribution is 2.32. The summed E-state index contributed by atoms with van der Waals surface area (Å²) in [6, 6.07) is 1.55. The molecule has 2 aromatic rings. The molecule has 0 aliphatic carbocycles. The predicted octanol–water partition coefficient (Wildman–Crippen LogP) is 3.43. The third-order valence-corrected chi connectivity index (χ3v) is 2.72. The van der Waals surface area contributed by atoms with Gasteiger partial charge in [0.15, 0.2) is 11.3 Å². The van der Waals surface area contributed by atoms with E-state index in [0.29, 0.717) is 0 Å². The van der Waals surface area contributed by atoms with Crippen LogP contribution in [0, 0.1) is 5.82 Å². The Hall–Kier alpha value is -2.32. The first-order chi connectivity index (χ1) is 10.3. The second-order valence-electron chi connectivity index (χ2n) is 4.20. The number of hydrogen-bond acceptors (Lipinski definition) is 4. The molecule has 0 atom stereocenters. The third kappa shape index (κ3) is 2.97. The number of rotatable bonds is 3. The molecule has 0 aliphatic heterocycles. The molecule has 2 rings (SSSR count). The zero-order valence-electron chi connectivity index (χ0n) is 11.2. The molecule has 0 radical (unpaired) electrons. The average Bonchev–Trinajstić information content (AvgIpc) is 2.44. The van der Waals surface area contributed by atoms with Crippen LogP contribution in [0.25, 0.3) is 11.0 Å². The first-order valence-electron chi connectivity index (χ1n) is 6.08. The molecule has 0 N–H and O–H groups in total. The number of carbonyl (C=O) groups excluding carboxylic acids is 1. The summed E-state index contributed by atoms with van der Waals surface area (Å²) >= 11 is 0. The lowest BCUT2D eigenvalue weighted by atomic mass is 10.1. The number of halogens is 5. The van der Waals surface area contributed by atoms with Crippen molar-refractivity contribution in [2.24, 2.45) is 0 Å². The van der Waals surface area contributed by atoms with Crippen LogP contribution in [0.15, 0.2) is 12.1 Å². The number of ether oxygens (including phenoxy) is 1. The Morgan fingerprint density at radius 3 is 2.50 bits per heavy atom. The van der Waals surface area contributed by atoms with Crippen molar-refractivity contribution in [2.45, 2.75) is 19.8 Å². The SMILES string of the molecule is CCOC(=O)c1cc2cc(F)c(CF)nc2nc1C(F)(F)F. The molecule has 2 aromatic heterocycles. The number of carbonyl (C=O) groups is 1. The van der Waals surface area contributed by atoms with E-state index in [1.807, 2.05) is 0 Å². The smallest absolute Gasteiger partial charge is 0.434 e. The minimum absolute atomic E-state index is 0.137. The van der Waals surface area contributed by atoms with E-state index in [1.165, 1.54) is 6.92 Å². The van der Waals surface area contributed by atoms with E-state index in [2.05, 4.69) is 14.7 Å². The molecular formula is C13H9F5N2O2. The molecule has 0 spiro atoms. The molecule has 0 aliphatic rings. The van der Waals surface area contributed by atoms with Gasteiger partial charge in [0.25, 0.3) is 0 Å². The van der Waals surface area contributed by atoms with Crippen LogP contribution in [0.2, 0.25) is 0 Å². The molecule has 0 bridgehead atoms. The van der Waals surface area contributed by atoms with Gasteiger partial charge in [-0.2, -0.15) is 13.2 Å². The van der Waals surface area contributed by atoms with Crippen molar-refractivity contribution >= 4 is 17.0 Å². The zero-order chi connectivity index (χ0) is 16.5. The summed E-state index contributed by atoms with van der Waals surface area (Å²) < 4.78 is 69.5. The van der Waals surface area contributed by atoms with E-state index < -0.39 is 47.2 Å². The van der Waals surface area contributed by atoms with Gasteiger partial charge in [0, 0.05) is 5.39 Å². The Morgan fingerprint density at radius 1 is 1.27 bits per heavy atom. The number of pyridine rings is 2. The lowest BCUT2D eigenvalue weighted by molar-refractivity contribution is -0.141. The van der Waals surface area contributed by atoms with Crippen LogP contribution in [0.5, 0.6) is 0 Å². The van der Waals surface area contributed by atoms with Gasteiger partial charge in [-0.15, -0.1) is 0 Å². The quantitative estimate of drug-likeness (QED) is 0.642. The molecule has 0 saturated carbocycles. The van der Waals surface area contributed by atoms with E-state index in [4.69, 9.17) is 0 Å². The Kier molecular flexibility index (Phi) is 4.25.